The number of likely N-dealkylation sites (tertiary alicyclic amines) is 1. The summed E-state index contributed by atoms with van der Waals surface area (Å²) in [5.74, 6) is 1.87. The fraction of sp³-hybridized carbons (Fsp3) is 0.381. The van der Waals surface area contributed by atoms with Crippen molar-refractivity contribution in [3.8, 4) is 11.5 Å². The van der Waals surface area contributed by atoms with Gasteiger partial charge in [-0.15, -0.1) is 0 Å². The van der Waals surface area contributed by atoms with E-state index < -0.39 is 6.10 Å². The summed E-state index contributed by atoms with van der Waals surface area (Å²) in [5, 5.41) is 0. The summed E-state index contributed by atoms with van der Waals surface area (Å²) in [5.41, 5.74) is 1.30. The van der Waals surface area contributed by atoms with Gasteiger partial charge in [0.05, 0.1) is 7.11 Å². The first-order valence-corrected chi connectivity index (χ1v) is 8.76. The van der Waals surface area contributed by atoms with E-state index in [1.807, 2.05) is 42.2 Å². The van der Waals surface area contributed by atoms with Gasteiger partial charge in [0.2, 0.25) is 0 Å². The van der Waals surface area contributed by atoms with E-state index in [0.717, 1.165) is 18.7 Å². The van der Waals surface area contributed by atoms with Crippen LogP contribution in [0.3, 0.4) is 0 Å². The molecular weight excluding hydrogens is 314 g/mol. The predicted molar refractivity (Wildman–Crippen MR) is 98.1 cm³/mol. The zero-order valence-corrected chi connectivity index (χ0v) is 15.0. The second-order valence-electron chi connectivity index (χ2n) is 6.51. The number of ether oxygens (including phenoxy) is 2. The Kier molecular flexibility index (Phi) is 5.27. The minimum Gasteiger partial charge on any atom is -0.497 e. The van der Waals surface area contributed by atoms with Gasteiger partial charge in [-0.05, 0) is 50.1 Å². The molecule has 2 aromatic carbocycles. The maximum absolute atomic E-state index is 12.8. The third kappa shape index (κ3) is 3.78. The summed E-state index contributed by atoms with van der Waals surface area (Å²) < 4.78 is 11.0. The molecule has 2 aromatic rings. The largest absolute Gasteiger partial charge is 0.497 e. The van der Waals surface area contributed by atoms with Crippen molar-refractivity contribution in [2.24, 2.45) is 0 Å². The molecule has 1 aliphatic heterocycles. The van der Waals surface area contributed by atoms with Crippen LogP contribution < -0.4 is 9.47 Å². The van der Waals surface area contributed by atoms with Gasteiger partial charge in [-0.25, -0.2) is 0 Å². The lowest BCUT2D eigenvalue weighted by atomic mass is 9.93. The van der Waals surface area contributed by atoms with Crippen molar-refractivity contribution in [2.45, 2.75) is 38.3 Å². The van der Waals surface area contributed by atoms with Gasteiger partial charge in [-0.3, -0.25) is 4.79 Å². The molecule has 0 radical (unpaired) electrons. The lowest BCUT2D eigenvalue weighted by Crippen LogP contribution is -2.43. The van der Waals surface area contributed by atoms with Gasteiger partial charge in [0.25, 0.3) is 5.91 Å². The van der Waals surface area contributed by atoms with Gasteiger partial charge in [0.15, 0.2) is 6.10 Å². The highest BCUT2D eigenvalue weighted by Crippen LogP contribution is 2.33. The molecule has 132 valence electrons. The molecule has 0 spiro atoms. The maximum atomic E-state index is 12.8. The Morgan fingerprint density at radius 2 is 1.72 bits per heavy atom. The Morgan fingerprint density at radius 1 is 1.08 bits per heavy atom. The average Bonchev–Trinajstić information content (AvgIpc) is 3.03. The molecule has 3 atom stereocenters. The third-order valence-electron chi connectivity index (χ3n) is 4.99. The molecule has 1 fully saturated rings. The van der Waals surface area contributed by atoms with Crippen molar-refractivity contribution >= 4 is 5.91 Å². The highest BCUT2D eigenvalue weighted by atomic mass is 16.5. The summed E-state index contributed by atoms with van der Waals surface area (Å²) >= 11 is 0. The number of hydrogen-bond donors (Lipinski definition) is 0. The number of carbonyl (C=O) groups excluding carboxylic acids is 1. The fourth-order valence-corrected chi connectivity index (χ4v) is 3.54. The van der Waals surface area contributed by atoms with Crippen LogP contribution in [0.15, 0.2) is 54.6 Å². The number of rotatable bonds is 5. The highest BCUT2D eigenvalue weighted by Gasteiger charge is 2.36. The molecular formula is C21H25NO3. The molecule has 0 aliphatic carbocycles. The van der Waals surface area contributed by atoms with Gasteiger partial charge in [0, 0.05) is 18.5 Å². The monoisotopic (exact) mass is 339 g/mol. The van der Waals surface area contributed by atoms with E-state index in [9.17, 15) is 4.79 Å². The molecule has 0 saturated carbocycles. The van der Waals surface area contributed by atoms with Crippen molar-refractivity contribution in [3.63, 3.8) is 0 Å². The van der Waals surface area contributed by atoms with E-state index in [1.54, 1.807) is 7.11 Å². The van der Waals surface area contributed by atoms with Gasteiger partial charge < -0.3 is 14.4 Å². The number of amides is 1. The molecule has 1 aliphatic rings. The van der Waals surface area contributed by atoms with Crippen LogP contribution in [-0.2, 0) is 4.79 Å². The van der Waals surface area contributed by atoms with Crippen molar-refractivity contribution < 1.29 is 14.3 Å². The quantitative estimate of drug-likeness (QED) is 0.830. The van der Waals surface area contributed by atoms with Crippen LogP contribution in [-0.4, -0.2) is 36.6 Å². The second kappa shape index (κ2) is 7.60. The molecule has 25 heavy (non-hydrogen) atoms. The molecule has 0 unspecified atom stereocenters. The van der Waals surface area contributed by atoms with Gasteiger partial charge in [0.1, 0.15) is 11.5 Å². The third-order valence-corrected chi connectivity index (χ3v) is 4.99. The number of hydrogen-bond acceptors (Lipinski definition) is 3. The summed E-state index contributed by atoms with van der Waals surface area (Å²) in [6.07, 6.45) is 0.483. The Bertz CT molecular complexity index is 699. The van der Waals surface area contributed by atoms with E-state index >= 15 is 0 Å². The first-order chi connectivity index (χ1) is 12.1. The Labute approximate surface area is 149 Å². The molecule has 3 rings (SSSR count). The van der Waals surface area contributed by atoms with Crippen molar-refractivity contribution in [1.82, 2.24) is 4.90 Å². The van der Waals surface area contributed by atoms with Crippen LogP contribution in [0.4, 0.5) is 0 Å². The van der Waals surface area contributed by atoms with E-state index in [0.29, 0.717) is 11.7 Å². The predicted octanol–water partition coefficient (Wildman–Crippen LogP) is 3.87. The normalized spacial score (nSPS) is 21.0. The van der Waals surface area contributed by atoms with Crippen LogP contribution >= 0.6 is 0 Å². The number of nitrogens with zero attached hydrogens (tertiary/aromatic N) is 1. The molecule has 0 bridgehead atoms. The van der Waals surface area contributed by atoms with Gasteiger partial charge in [-0.2, -0.15) is 0 Å². The van der Waals surface area contributed by atoms with Crippen molar-refractivity contribution in [2.75, 3.05) is 13.7 Å². The molecule has 0 aromatic heterocycles. The lowest BCUT2D eigenvalue weighted by Gasteiger charge is -2.28. The van der Waals surface area contributed by atoms with Gasteiger partial charge in [-0.1, -0.05) is 30.3 Å². The highest BCUT2D eigenvalue weighted by molar-refractivity contribution is 5.81. The number of benzene rings is 2. The Morgan fingerprint density at radius 3 is 2.36 bits per heavy atom. The zero-order valence-electron chi connectivity index (χ0n) is 15.0. The average molecular weight is 339 g/mol. The molecule has 4 heteroatoms. The van der Waals surface area contributed by atoms with Gasteiger partial charge >= 0.3 is 0 Å². The maximum Gasteiger partial charge on any atom is 0.263 e. The molecule has 4 nitrogen and oxygen atoms in total. The summed E-state index contributed by atoms with van der Waals surface area (Å²) in [4.78, 5) is 14.8. The SMILES string of the molecule is COc1ccc(O[C@H](C)C(=O)N2CC[C@H](c3ccccc3)[C@@H]2C)cc1. The molecule has 1 heterocycles. The molecule has 1 amide bonds. The standard InChI is InChI=1S/C21H25NO3/c1-15-20(17-7-5-4-6-8-17)13-14-22(15)21(23)16(2)25-19-11-9-18(24-3)10-12-19/h4-12,15-16,20H,13-14H2,1-3H3/t15-,16+,20-/m0/s1. The van der Waals surface area contributed by atoms with Crippen LogP contribution in [0, 0.1) is 0 Å². The van der Waals surface area contributed by atoms with Crippen LogP contribution in [0.1, 0.15) is 31.7 Å². The van der Waals surface area contributed by atoms with Crippen LogP contribution in [0.2, 0.25) is 0 Å². The van der Waals surface area contributed by atoms with E-state index in [2.05, 4.69) is 31.2 Å². The van der Waals surface area contributed by atoms with Crippen molar-refractivity contribution in [3.05, 3.63) is 60.2 Å². The fourth-order valence-electron chi connectivity index (χ4n) is 3.54. The summed E-state index contributed by atoms with van der Waals surface area (Å²) in [6, 6.07) is 17.9. The molecule has 1 saturated heterocycles. The van der Waals surface area contributed by atoms with Crippen LogP contribution in [0.5, 0.6) is 11.5 Å². The van der Waals surface area contributed by atoms with E-state index in [-0.39, 0.29) is 11.9 Å². The smallest absolute Gasteiger partial charge is 0.263 e. The van der Waals surface area contributed by atoms with Crippen LogP contribution in [0.25, 0.3) is 0 Å². The zero-order chi connectivity index (χ0) is 17.8. The Hall–Kier alpha value is -2.49. The Balaban J connectivity index is 1.64. The summed E-state index contributed by atoms with van der Waals surface area (Å²) in [6.45, 7) is 4.72. The second-order valence-corrected chi connectivity index (χ2v) is 6.51. The van der Waals surface area contributed by atoms with E-state index in [1.165, 1.54) is 5.56 Å². The lowest BCUT2D eigenvalue weighted by molar-refractivity contribution is -0.138. The van der Waals surface area contributed by atoms with E-state index in [4.69, 9.17) is 9.47 Å². The minimum atomic E-state index is -0.509. The topological polar surface area (TPSA) is 38.8 Å². The number of methoxy groups -OCH3 is 1. The molecule has 0 N–H and O–H groups in total. The number of carbonyl (C=O) groups is 1. The minimum absolute atomic E-state index is 0.0433. The first-order valence-electron chi connectivity index (χ1n) is 8.76. The first kappa shape index (κ1) is 17.3. The van der Waals surface area contributed by atoms with Crippen molar-refractivity contribution in [1.29, 1.82) is 0 Å². The summed E-state index contributed by atoms with van der Waals surface area (Å²) in [7, 11) is 1.62.